The summed E-state index contributed by atoms with van der Waals surface area (Å²) in [7, 11) is 0. The fourth-order valence-corrected chi connectivity index (χ4v) is 3.34. The summed E-state index contributed by atoms with van der Waals surface area (Å²) in [5.74, 6) is 0.970. The van der Waals surface area contributed by atoms with Gasteiger partial charge in [-0.2, -0.15) is 0 Å². The molecule has 0 radical (unpaired) electrons. The van der Waals surface area contributed by atoms with Crippen LogP contribution in [0.15, 0.2) is 53.0 Å². The monoisotopic (exact) mass is 388 g/mol. The quantitative estimate of drug-likeness (QED) is 0.499. The van der Waals surface area contributed by atoms with Crippen LogP contribution in [0, 0.1) is 0 Å². The molecule has 3 heteroatoms. The number of hydrogen-bond acceptors (Lipinski definition) is 2. The summed E-state index contributed by atoms with van der Waals surface area (Å²) in [6.07, 6.45) is 4.69. The molecule has 0 aromatic heterocycles. The Morgan fingerprint density at radius 2 is 1.88 bits per heavy atom. The van der Waals surface area contributed by atoms with Gasteiger partial charge in [0, 0.05) is 9.89 Å². The molecule has 0 bridgehead atoms. The lowest BCUT2D eigenvalue weighted by molar-refractivity contribution is 0.100. The Hall–Kier alpha value is -1.32. The molecular formula is C21H25BrO2. The third kappa shape index (κ3) is 4.61. The van der Waals surface area contributed by atoms with Gasteiger partial charge in [0.05, 0.1) is 19.8 Å². The zero-order valence-corrected chi connectivity index (χ0v) is 15.8. The van der Waals surface area contributed by atoms with Gasteiger partial charge in [-0.1, -0.05) is 53.5 Å². The molecule has 1 aliphatic carbocycles. The van der Waals surface area contributed by atoms with Gasteiger partial charge in [0.25, 0.3) is 0 Å². The van der Waals surface area contributed by atoms with E-state index in [4.69, 9.17) is 9.47 Å². The summed E-state index contributed by atoms with van der Waals surface area (Å²) in [4.78, 5) is 0. The zero-order chi connectivity index (χ0) is 16.8. The average molecular weight is 389 g/mol. The fraction of sp³-hybridized carbons (Fsp3) is 0.429. The highest BCUT2D eigenvalue weighted by Gasteiger charge is 2.44. The van der Waals surface area contributed by atoms with E-state index >= 15 is 0 Å². The van der Waals surface area contributed by atoms with Crippen LogP contribution in [0.4, 0.5) is 0 Å². The van der Waals surface area contributed by atoms with Crippen molar-refractivity contribution < 1.29 is 9.47 Å². The Kier molecular flexibility index (Phi) is 5.96. The second-order valence-electron chi connectivity index (χ2n) is 6.63. The molecule has 1 saturated carbocycles. The summed E-state index contributed by atoms with van der Waals surface area (Å²) in [5, 5.41) is 0. The highest BCUT2D eigenvalue weighted by Crippen LogP contribution is 2.48. The normalized spacial score (nSPS) is 15.2. The second kappa shape index (κ2) is 8.17. The number of benzene rings is 2. The summed E-state index contributed by atoms with van der Waals surface area (Å²) in [6, 6.07) is 16.9. The highest BCUT2D eigenvalue weighted by molar-refractivity contribution is 9.10. The van der Waals surface area contributed by atoms with Crippen molar-refractivity contribution in [2.24, 2.45) is 0 Å². The van der Waals surface area contributed by atoms with E-state index in [1.54, 1.807) is 0 Å². The minimum atomic E-state index is 0.216. The molecule has 2 aromatic carbocycles. The number of unbranched alkanes of at least 4 members (excludes halogenated alkanes) is 1. The van der Waals surface area contributed by atoms with E-state index in [0.29, 0.717) is 6.61 Å². The van der Waals surface area contributed by atoms with Crippen molar-refractivity contribution in [2.45, 2.75) is 44.6 Å². The molecule has 3 rings (SSSR count). The van der Waals surface area contributed by atoms with Crippen molar-refractivity contribution >= 4 is 15.9 Å². The summed E-state index contributed by atoms with van der Waals surface area (Å²) >= 11 is 3.50. The van der Waals surface area contributed by atoms with Gasteiger partial charge in [-0.15, -0.1) is 0 Å². The van der Waals surface area contributed by atoms with E-state index in [1.165, 1.54) is 24.0 Å². The molecule has 24 heavy (non-hydrogen) atoms. The first kappa shape index (κ1) is 17.5. The lowest BCUT2D eigenvalue weighted by Crippen LogP contribution is -2.15. The lowest BCUT2D eigenvalue weighted by atomic mass is 9.97. The van der Waals surface area contributed by atoms with Crippen molar-refractivity contribution in [3.63, 3.8) is 0 Å². The van der Waals surface area contributed by atoms with Gasteiger partial charge in [0.1, 0.15) is 5.75 Å². The maximum atomic E-state index is 6.01. The topological polar surface area (TPSA) is 18.5 Å². The molecular weight excluding hydrogens is 364 g/mol. The second-order valence-corrected chi connectivity index (χ2v) is 7.55. The van der Waals surface area contributed by atoms with Crippen molar-refractivity contribution in [3.05, 3.63) is 64.1 Å². The summed E-state index contributed by atoms with van der Waals surface area (Å²) in [6.45, 7) is 4.43. The molecule has 1 aliphatic rings. The first-order valence-corrected chi connectivity index (χ1v) is 9.57. The smallest absolute Gasteiger partial charge is 0.119 e. The van der Waals surface area contributed by atoms with Crippen LogP contribution in [-0.2, 0) is 16.8 Å². The first-order chi connectivity index (χ1) is 11.7. The minimum Gasteiger partial charge on any atom is -0.494 e. The van der Waals surface area contributed by atoms with E-state index in [-0.39, 0.29) is 5.41 Å². The third-order valence-electron chi connectivity index (χ3n) is 4.62. The molecule has 0 spiro atoms. The molecule has 2 aromatic rings. The molecule has 0 saturated heterocycles. The van der Waals surface area contributed by atoms with Gasteiger partial charge in [-0.05, 0) is 54.7 Å². The van der Waals surface area contributed by atoms with E-state index in [0.717, 1.165) is 36.3 Å². The first-order valence-electron chi connectivity index (χ1n) is 8.77. The Balaban J connectivity index is 1.52. The van der Waals surface area contributed by atoms with E-state index in [1.807, 2.05) is 12.1 Å². The molecule has 0 heterocycles. The van der Waals surface area contributed by atoms with Crippen LogP contribution in [0.25, 0.3) is 0 Å². The summed E-state index contributed by atoms with van der Waals surface area (Å²) < 4.78 is 12.9. The predicted octanol–water partition coefficient (Wildman–Crippen LogP) is 5.88. The largest absolute Gasteiger partial charge is 0.494 e. The van der Waals surface area contributed by atoms with Crippen LogP contribution in [0.3, 0.4) is 0 Å². The van der Waals surface area contributed by atoms with Crippen LogP contribution < -0.4 is 4.74 Å². The number of rotatable bonds is 9. The average Bonchev–Trinajstić information content (AvgIpc) is 3.37. The number of halogens is 1. The molecule has 0 atom stereocenters. The van der Waals surface area contributed by atoms with Gasteiger partial charge in [0.2, 0.25) is 0 Å². The Labute approximate surface area is 153 Å². The third-order valence-corrected chi connectivity index (χ3v) is 5.12. The van der Waals surface area contributed by atoms with Crippen molar-refractivity contribution in [2.75, 3.05) is 13.2 Å². The number of ether oxygens (including phenoxy) is 2. The fourth-order valence-electron chi connectivity index (χ4n) is 2.90. The molecule has 0 amide bonds. The molecule has 0 aliphatic heterocycles. The Morgan fingerprint density at radius 3 is 2.54 bits per heavy atom. The molecule has 128 valence electrons. The van der Waals surface area contributed by atoms with Gasteiger partial charge in [-0.3, -0.25) is 0 Å². The van der Waals surface area contributed by atoms with Crippen molar-refractivity contribution in [1.29, 1.82) is 0 Å². The number of hydrogen-bond donors (Lipinski definition) is 0. The van der Waals surface area contributed by atoms with Gasteiger partial charge >= 0.3 is 0 Å². The van der Waals surface area contributed by atoms with Crippen LogP contribution in [0.5, 0.6) is 5.75 Å². The maximum absolute atomic E-state index is 6.01. The van der Waals surface area contributed by atoms with Crippen LogP contribution in [-0.4, -0.2) is 13.2 Å². The molecule has 2 nitrogen and oxygen atoms in total. The van der Waals surface area contributed by atoms with E-state index in [9.17, 15) is 0 Å². The van der Waals surface area contributed by atoms with E-state index in [2.05, 4.69) is 59.3 Å². The van der Waals surface area contributed by atoms with Crippen LogP contribution >= 0.6 is 15.9 Å². The van der Waals surface area contributed by atoms with Gasteiger partial charge in [0.15, 0.2) is 0 Å². The lowest BCUT2D eigenvalue weighted by Gasteiger charge is -2.17. The summed E-state index contributed by atoms with van der Waals surface area (Å²) in [5.41, 5.74) is 2.80. The predicted molar refractivity (Wildman–Crippen MR) is 102 cm³/mol. The molecule has 0 unspecified atom stereocenters. The minimum absolute atomic E-state index is 0.216. The Bertz CT molecular complexity index is 647. The zero-order valence-electron chi connectivity index (χ0n) is 14.3. The van der Waals surface area contributed by atoms with Crippen molar-refractivity contribution in [3.8, 4) is 5.75 Å². The van der Waals surface area contributed by atoms with E-state index < -0.39 is 0 Å². The SMILES string of the molecule is CCCCOc1ccc(C2(COCc3cccc(Br)c3)CC2)cc1. The van der Waals surface area contributed by atoms with Gasteiger partial charge < -0.3 is 9.47 Å². The molecule has 0 N–H and O–H groups in total. The van der Waals surface area contributed by atoms with Crippen LogP contribution in [0.1, 0.15) is 43.7 Å². The highest BCUT2D eigenvalue weighted by atomic mass is 79.9. The molecule has 1 fully saturated rings. The van der Waals surface area contributed by atoms with Gasteiger partial charge in [-0.25, -0.2) is 0 Å². The standard InChI is InChI=1S/C21H25BrO2/c1-2-3-13-24-20-9-7-18(8-10-20)21(11-12-21)16-23-15-17-5-4-6-19(22)14-17/h4-10,14H,2-3,11-13,15-16H2,1H3. The maximum Gasteiger partial charge on any atom is 0.119 e. The van der Waals surface area contributed by atoms with Crippen LogP contribution in [0.2, 0.25) is 0 Å². The van der Waals surface area contributed by atoms with Crippen molar-refractivity contribution in [1.82, 2.24) is 0 Å². The Morgan fingerprint density at radius 1 is 1.08 bits per heavy atom.